The van der Waals surface area contributed by atoms with Gasteiger partial charge in [0.1, 0.15) is 11.6 Å². The Labute approximate surface area is 183 Å². The molecule has 2 saturated heterocycles. The molecule has 2 aliphatic heterocycles. The van der Waals surface area contributed by atoms with Gasteiger partial charge >= 0.3 is 5.97 Å². The van der Waals surface area contributed by atoms with E-state index < -0.39 is 0 Å². The molecule has 1 aromatic carbocycles. The van der Waals surface area contributed by atoms with Crippen LogP contribution in [0.25, 0.3) is 10.9 Å². The Morgan fingerprint density at radius 2 is 1.81 bits per heavy atom. The lowest BCUT2D eigenvalue weighted by atomic mass is 9.98. The third kappa shape index (κ3) is 4.69. The summed E-state index contributed by atoms with van der Waals surface area (Å²) < 4.78 is 16.3. The van der Waals surface area contributed by atoms with Crippen molar-refractivity contribution >= 4 is 22.7 Å². The van der Waals surface area contributed by atoms with Crippen molar-refractivity contribution in [1.82, 2.24) is 14.9 Å². The van der Waals surface area contributed by atoms with Gasteiger partial charge in [0, 0.05) is 31.1 Å². The van der Waals surface area contributed by atoms with E-state index in [2.05, 4.69) is 9.80 Å². The fourth-order valence-corrected chi connectivity index (χ4v) is 4.58. The Hall–Kier alpha value is -2.61. The minimum atomic E-state index is -0.0961. The summed E-state index contributed by atoms with van der Waals surface area (Å²) in [6.45, 7) is 6.50. The van der Waals surface area contributed by atoms with Gasteiger partial charge < -0.3 is 19.1 Å². The number of hydrogen-bond acceptors (Lipinski definition) is 8. The number of likely N-dealkylation sites (tertiary alicyclic amines) is 1. The number of fused-ring (bicyclic) bond motifs is 1. The Balaban J connectivity index is 1.65. The van der Waals surface area contributed by atoms with Crippen LogP contribution in [0.15, 0.2) is 12.1 Å². The van der Waals surface area contributed by atoms with Gasteiger partial charge in [0.25, 0.3) is 0 Å². The van der Waals surface area contributed by atoms with E-state index in [0.717, 1.165) is 55.0 Å². The van der Waals surface area contributed by atoms with E-state index in [-0.39, 0.29) is 11.9 Å². The first-order chi connectivity index (χ1) is 15.1. The van der Waals surface area contributed by atoms with Gasteiger partial charge in [0.05, 0.1) is 38.8 Å². The number of nitrogens with zero attached hydrogens (tertiary/aromatic N) is 4. The number of hydrogen-bond donors (Lipinski definition) is 0. The van der Waals surface area contributed by atoms with Crippen LogP contribution in [0.5, 0.6) is 11.5 Å². The Bertz CT molecular complexity index is 929. The molecule has 1 atom stereocenters. The van der Waals surface area contributed by atoms with E-state index in [1.165, 1.54) is 12.8 Å². The van der Waals surface area contributed by atoms with E-state index >= 15 is 0 Å². The molecule has 0 N–H and O–H groups in total. The van der Waals surface area contributed by atoms with Crippen LogP contribution in [0.3, 0.4) is 0 Å². The zero-order valence-electron chi connectivity index (χ0n) is 18.7. The largest absolute Gasteiger partial charge is 0.493 e. The lowest BCUT2D eigenvalue weighted by molar-refractivity contribution is -0.150. The summed E-state index contributed by atoms with van der Waals surface area (Å²) in [5.74, 6) is 2.90. The molecule has 3 heterocycles. The zero-order valence-corrected chi connectivity index (χ0v) is 18.7. The van der Waals surface area contributed by atoms with E-state index in [0.29, 0.717) is 31.2 Å². The molecule has 2 aromatic rings. The number of carbonyl (C=O) groups excluding carboxylic acids is 1. The van der Waals surface area contributed by atoms with Crippen molar-refractivity contribution in [3.05, 3.63) is 18.0 Å². The van der Waals surface area contributed by atoms with Gasteiger partial charge in [-0.2, -0.15) is 0 Å². The number of aromatic nitrogens is 2. The third-order valence-electron chi connectivity index (χ3n) is 6.12. The monoisotopic (exact) mass is 428 g/mol. The smallest absolute Gasteiger partial charge is 0.310 e. The predicted octanol–water partition coefficient (Wildman–Crippen LogP) is 3.02. The zero-order chi connectivity index (χ0) is 21.8. The maximum Gasteiger partial charge on any atom is 0.310 e. The van der Waals surface area contributed by atoms with Crippen LogP contribution in [-0.4, -0.2) is 67.8 Å². The molecule has 0 aliphatic carbocycles. The minimum absolute atomic E-state index is 0.0726. The van der Waals surface area contributed by atoms with E-state index in [9.17, 15) is 4.79 Å². The van der Waals surface area contributed by atoms with Crippen LogP contribution >= 0.6 is 0 Å². The lowest BCUT2D eigenvalue weighted by Gasteiger charge is -2.31. The molecule has 1 unspecified atom stereocenters. The Morgan fingerprint density at radius 1 is 1.06 bits per heavy atom. The second-order valence-corrected chi connectivity index (χ2v) is 8.21. The molecular weight excluding hydrogens is 396 g/mol. The van der Waals surface area contributed by atoms with Crippen LogP contribution in [-0.2, 0) is 16.1 Å². The van der Waals surface area contributed by atoms with Gasteiger partial charge in [-0.1, -0.05) is 0 Å². The van der Waals surface area contributed by atoms with Crippen LogP contribution in [0.1, 0.15) is 38.4 Å². The van der Waals surface area contributed by atoms with Gasteiger partial charge in [-0.05, 0) is 45.2 Å². The van der Waals surface area contributed by atoms with Crippen molar-refractivity contribution in [3.63, 3.8) is 0 Å². The van der Waals surface area contributed by atoms with Crippen molar-refractivity contribution in [2.24, 2.45) is 5.92 Å². The van der Waals surface area contributed by atoms with Crippen LogP contribution in [0.4, 0.5) is 5.82 Å². The third-order valence-corrected chi connectivity index (χ3v) is 6.12. The number of piperidine rings is 1. The SMILES string of the molecule is CCOC(=O)C1CCCN(Cc2nc(N3CCCC3)c3cc(OC)c(OC)cc3n2)C1. The highest BCUT2D eigenvalue weighted by molar-refractivity contribution is 5.92. The normalized spacial score (nSPS) is 19.6. The molecule has 0 amide bonds. The van der Waals surface area contributed by atoms with Gasteiger partial charge in [-0.3, -0.25) is 9.69 Å². The molecule has 8 nitrogen and oxygen atoms in total. The maximum absolute atomic E-state index is 12.2. The second kappa shape index (κ2) is 9.68. The first kappa shape index (κ1) is 21.6. The van der Waals surface area contributed by atoms with Crippen molar-refractivity contribution in [2.75, 3.05) is 51.9 Å². The molecule has 168 valence electrons. The van der Waals surface area contributed by atoms with Gasteiger partial charge in [-0.25, -0.2) is 9.97 Å². The number of esters is 1. The summed E-state index contributed by atoms with van der Waals surface area (Å²) in [6, 6.07) is 3.90. The first-order valence-corrected chi connectivity index (χ1v) is 11.2. The molecule has 1 aromatic heterocycles. The quantitative estimate of drug-likeness (QED) is 0.623. The summed E-state index contributed by atoms with van der Waals surface area (Å²) in [4.78, 5) is 26.6. The average molecular weight is 429 g/mol. The van der Waals surface area contributed by atoms with Crippen molar-refractivity contribution in [2.45, 2.75) is 39.2 Å². The molecule has 0 saturated carbocycles. The topological polar surface area (TPSA) is 77.0 Å². The van der Waals surface area contributed by atoms with Crippen LogP contribution in [0.2, 0.25) is 0 Å². The number of methoxy groups -OCH3 is 2. The Kier molecular flexibility index (Phi) is 6.75. The van der Waals surface area contributed by atoms with E-state index in [1.807, 2.05) is 19.1 Å². The number of anilines is 1. The second-order valence-electron chi connectivity index (χ2n) is 8.21. The Morgan fingerprint density at radius 3 is 2.52 bits per heavy atom. The van der Waals surface area contributed by atoms with E-state index in [1.54, 1.807) is 14.2 Å². The van der Waals surface area contributed by atoms with Crippen molar-refractivity contribution in [1.29, 1.82) is 0 Å². The summed E-state index contributed by atoms with van der Waals surface area (Å²) in [5.41, 5.74) is 0.850. The molecule has 31 heavy (non-hydrogen) atoms. The predicted molar refractivity (Wildman–Crippen MR) is 119 cm³/mol. The highest BCUT2D eigenvalue weighted by Gasteiger charge is 2.28. The average Bonchev–Trinajstić information content (AvgIpc) is 3.33. The van der Waals surface area contributed by atoms with Gasteiger partial charge in [0.2, 0.25) is 0 Å². The highest BCUT2D eigenvalue weighted by Crippen LogP contribution is 2.36. The summed E-state index contributed by atoms with van der Waals surface area (Å²) in [7, 11) is 3.28. The molecule has 4 rings (SSSR count). The first-order valence-electron chi connectivity index (χ1n) is 11.2. The van der Waals surface area contributed by atoms with Gasteiger partial charge in [0.15, 0.2) is 11.5 Å². The molecular formula is C23H32N4O4. The van der Waals surface area contributed by atoms with Crippen molar-refractivity contribution in [3.8, 4) is 11.5 Å². The highest BCUT2D eigenvalue weighted by atomic mass is 16.5. The molecule has 2 aliphatic rings. The maximum atomic E-state index is 12.2. The van der Waals surface area contributed by atoms with Crippen LogP contribution in [0, 0.1) is 5.92 Å². The number of rotatable bonds is 7. The fourth-order valence-electron chi connectivity index (χ4n) is 4.58. The molecule has 0 bridgehead atoms. The van der Waals surface area contributed by atoms with Crippen LogP contribution < -0.4 is 14.4 Å². The standard InChI is InChI=1S/C23H32N4O4/c1-4-31-23(28)16-8-7-9-26(14-16)15-21-24-18-13-20(30-3)19(29-2)12-17(18)22(25-21)27-10-5-6-11-27/h12-13,16H,4-11,14-15H2,1-3H3. The number of carbonyl (C=O) groups is 1. The number of ether oxygens (including phenoxy) is 3. The summed E-state index contributed by atoms with van der Waals surface area (Å²) in [5, 5.41) is 0.978. The minimum Gasteiger partial charge on any atom is -0.493 e. The number of benzene rings is 1. The molecule has 0 spiro atoms. The fraction of sp³-hybridized carbons (Fsp3) is 0.609. The lowest BCUT2D eigenvalue weighted by Crippen LogP contribution is -2.39. The summed E-state index contributed by atoms with van der Waals surface area (Å²) >= 11 is 0. The molecule has 2 fully saturated rings. The van der Waals surface area contributed by atoms with E-state index in [4.69, 9.17) is 24.2 Å². The molecule has 0 radical (unpaired) electrons. The molecule has 8 heteroatoms. The van der Waals surface area contributed by atoms with Gasteiger partial charge in [-0.15, -0.1) is 0 Å². The summed E-state index contributed by atoms with van der Waals surface area (Å²) in [6.07, 6.45) is 4.19. The van der Waals surface area contributed by atoms with Crippen molar-refractivity contribution < 1.29 is 19.0 Å².